The van der Waals surface area contributed by atoms with Gasteiger partial charge in [-0.3, -0.25) is 9.59 Å². The highest BCUT2D eigenvalue weighted by atomic mass is 35.5. The fourth-order valence-corrected chi connectivity index (χ4v) is 4.31. The standard InChI is InChI=1S/C28H23ClN2O3/c1-19-6-8-20(9-7-19)28(33)26-15-12-23-17-31(25-5-3-2-4-21(25)16-30(23)26)27(32)18-34-24-13-10-22(29)11-14-24/h2-15H,16-18H2,1H3. The van der Waals surface area contributed by atoms with Gasteiger partial charge in [0.05, 0.1) is 18.8 Å². The summed E-state index contributed by atoms with van der Waals surface area (Å²) >= 11 is 5.93. The molecule has 0 saturated carbocycles. The molecule has 0 spiro atoms. The summed E-state index contributed by atoms with van der Waals surface area (Å²) in [5, 5.41) is 0.608. The van der Waals surface area contributed by atoms with E-state index in [1.165, 1.54) is 0 Å². The molecular formula is C28H23ClN2O3. The Kier molecular flexibility index (Phi) is 5.95. The summed E-state index contributed by atoms with van der Waals surface area (Å²) in [5.74, 6) is 0.383. The molecule has 5 rings (SSSR count). The highest BCUT2D eigenvalue weighted by Crippen LogP contribution is 2.30. The van der Waals surface area contributed by atoms with Crippen LogP contribution in [-0.2, 0) is 17.9 Å². The number of ether oxygens (including phenoxy) is 1. The van der Waals surface area contributed by atoms with E-state index in [9.17, 15) is 9.59 Å². The molecule has 5 nitrogen and oxygen atoms in total. The lowest BCUT2D eigenvalue weighted by atomic mass is 10.1. The van der Waals surface area contributed by atoms with Gasteiger partial charge in [0.25, 0.3) is 5.91 Å². The molecule has 1 amide bonds. The van der Waals surface area contributed by atoms with Crippen molar-refractivity contribution in [2.45, 2.75) is 20.0 Å². The van der Waals surface area contributed by atoms with Crippen molar-refractivity contribution in [3.63, 3.8) is 0 Å². The smallest absolute Gasteiger partial charge is 0.265 e. The zero-order chi connectivity index (χ0) is 23.7. The number of carbonyl (C=O) groups excluding carboxylic acids is 2. The van der Waals surface area contributed by atoms with Gasteiger partial charge in [-0.05, 0) is 55.0 Å². The molecule has 1 aliphatic rings. The Labute approximate surface area is 203 Å². The van der Waals surface area contributed by atoms with Crippen LogP contribution in [-0.4, -0.2) is 22.9 Å². The topological polar surface area (TPSA) is 51.5 Å². The maximum Gasteiger partial charge on any atom is 0.265 e. The minimum Gasteiger partial charge on any atom is -0.484 e. The summed E-state index contributed by atoms with van der Waals surface area (Å²) in [6.07, 6.45) is 0. The number of anilines is 1. The first-order valence-corrected chi connectivity index (χ1v) is 11.4. The quantitative estimate of drug-likeness (QED) is 0.354. The second-order valence-electron chi connectivity index (χ2n) is 8.34. The number of aryl methyl sites for hydroxylation is 1. The van der Waals surface area contributed by atoms with Gasteiger partial charge in [-0.1, -0.05) is 59.6 Å². The Morgan fingerprint density at radius 3 is 2.38 bits per heavy atom. The fraction of sp³-hybridized carbons (Fsp3) is 0.143. The highest BCUT2D eigenvalue weighted by molar-refractivity contribution is 6.30. The van der Waals surface area contributed by atoms with Crippen LogP contribution in [0.15, 0.2) is 84.9 Å². The molecule has 4 aromatic rings. The van der Waals surface area contributed by atoms with Gasteiger partial charge in [0.2, 0.25) is 5.78 Å². The lowest BCUT2D eigenvalue weighted by Gasteiger charge is -2.22. The lowest BCUT2D eigenvalue weighted by Crippen LogP contribution is -2.34. The van der Waals surface area contributed by atoms with E-state index in [1.54, 1.807) is 29.2 Å². The number of ketones is 1. The summed E-state index contributed by atoms with van der Waals surface area (Å²) in [6.45, 7) is 2.75. The van der Waals surface area contributed by atoms with Crippen molar-refractivity contribution < 1.29 is 14.3 Å². The van der Waals surface area contributed by atoms with Crippen LogP contribution in [0.2, 0.25) is 5.02 Å². The van der Waals surface area contributed by atoms with E-state index in [4.69, 9.17) is 16.3 Å². The summed E-state index contributed by atoms with van der Waals surface area (Å²) in [7, 11) is 0. The maximum atomic E-state index is 13.3. The number of benzene rings is 3. The number of amides is 1. The summed E-state index contributed by atoms with van der Waals surface area (Å²) in [5.41, 5.74) is 5.05. The largest absolute Gasteiger partial charge is 0.484 e. The van der Waals surface area contributed by atoms with Gasteiger partial charge >= 0.3 is 0 Å². The number of carbonyl (C=O) groups is 2. The van der Waals surface area contributed by atoms with E-state index in [1.807, 2.05) is 72.2 Å². The molecule has 0 fully saturated rings. The van der Waals surface area contributed by atoms with Crippen molar-refractivity contribution in [2.75, 3.05) is 11.5 Å². The molecule has 34 heavy (non-hydrogen) atoms. The minimum absolute atomic E-state index is 0.0328. The summed E-state index contributed by atoms with van der Waals surface area (Å²) in [6, 6.07) is 26.1. The Bertz CT molecular complexity index is 1360. The minimum atomic E-state index is -0.163. The van der Waals surface area contributed by atoms with Crippen molar-refractivity contribution >= 4 is 29.0 Å². The molecule has 170 valence electrons. The Morgan fingerprint density at radius 2 is 1.62 bits per heavy atom. The van der Waals surface area contributed by atoms with Crippen LogP contribution < -0.4 is 9.64 Å². The van der Waals surface area contributed by atoms with Crippen LogP contribution >= 0.6 is 11.6 Å². The van der Waals surface area contributed by atoms with Gasteiger partial charge in [-0.15, -0.1) is 0 Å². The first kappa shape index (κ1) is 22.0. The number of halogens is 1. The van der Waals surface area contributed by atoms with E-state index in [-0.39, 0.29) is 18.3 Å². The van der Waals surface area contributed by atoms with Crippen LogP contribution in [0, 0.1) is 6.92 Å². The van der Waals surface area contributed by atoms with E-state index in [2.05, 4.69) is 0 Å². The Hall–Kier alpha value is -3.83. The molecule has 1 aromatic heterocycles. The zero-order valence-corrected chi connectivity index (χ0v) is 19.5. The van der Waals surface area contributed by atoms with Crippen molar-refractivity contribution in [2.24, 2.45) is 0 Å². The second kappa shape index (κ2) is 9.20. The molecular weight excluding hydrogens is 448 g/mol. The number of hydrogen-bond donors (Lipinski definition) is 0. The zero-order valence-electron chi connectivity index (χ0n) is 18.7. The SMILES string of the molecule is Cc1ccc(C(=O)c2ccc3n2Cc2ccccc2N(C(=O)COc2ccc(Cl)cc2)C3)cc1. The molecule has 0 aliphatic carbocycles. The molecule has 0 atom stereocenters. The third-order valence-electron chi connectivity index (χ3n) is 6.03. The average Bonchev–Trinajstić information content (AvgIpc) is 3.16. The molecule has 3 aromatic carbocycles. The van der Waals surface area contributed by atoms with E-state index >= 15 is 0 Å². The van der Waals surface area contributed by atoms with Crippen LogP contribution in [0.3, 0.4) is 0 Å². The van der Waals surface area contributed by atoms with Crippen LogP contribution in [0.5, 0.6) is 5.75 Å². The predicted molar refractivity (Wildman–Crippen MR) is 133 cm³/mol. The first-order chi connectivity index (χ1) is 16.5. The van der Waals surface area contributed by atoms with Crippen molar-refractivity contribution in [1.82, 2.24) is 4.57 Å². The number of hydrogen-bond acceptors (Lipinski definition) is 3. The van der Waals surface area contributed by atoms with Gasteiger partial charge in [-0.2, -0.15) is 0 Å². The molecule has 0 radical (unpaired) electrons. The van der Waals surface area contributed by atoms with Crippen molar-refractivity contribution in [3.8, 4) is 5.75 Å². The number of nitrogens with zero attached hydrogens (tertiary/aromatic N) is 2. The van der Waals surface area contributed by atoms with E-state index in [0.29, 0.717) is 35.1 Å². The van der Waals surface area contributed by atoms with Crippen LogP contribution in [0.25, 0.3) is 0 Å². The Morgan fingerprint density at radius 1 is 0.882 bits per heavy atom. The maximum absolute atomic E-state index is 13.3. The van der Waals surface area contributed by atoms with E-state index < -0.39 is 0 Å². The third kappa shape index (κ3) is 4.35. The third-order valence-corrected chi connectivity index (χ3v) is 6.28. The fourth-order valence-electron chi connectivity index (χ4n) is 4.19. The van der Waals surface area contributed by atoms with Gasteiger partial charge in [0, 0.05) is 22.0 Å². The van der Waals surface area contributed by atoms with E-state index in [0.717, 1.165) is 22.5 Å². The average molecular weight is 471 g/mol. The summed E-state index contributed by atoms with van der Waals surface area (Å²) in [4.78, 5) is 28.3. The monoisotopic (exact) mass is 470 g/mol. The lowest BCUT2D eigenvalue weighted by molar-refractivity contribution is -0.120. The summed E-state index contributed by atoms with van der Waals surface area (Å²) < 4.78 is 7.73. The normalized spacial score (nSPS) is 12.5. The number of fused-ring (bicyclic) bond motifs is 2. The predicted octanol–water partition coefficient (Wildman–Crippen LogP) is 5.65. The van der Waals surface area contributed by atoms with Gasteiger partial charge in [-0.25, -0.2) is 0 Å². The highest BCUT2D eigenvalue weighted by Gasteiger charge is 2.27. The molecule has 0 saturated heterocycles. The molecule has 6 heteroatoms. The van der Waals surface area contributed by atoms with Crippen molar-refractivity contribution in [1.29, 1.82) is 0 Å². The second-order valence-corrected chi connectivity index (χ2v) is 8.78. The Balaban J connectivity index is 1.44. The van der Waals surface area contributed by atoms with Gasteiger partial charge < -0.3 is 14.2 Å². The van der Waals surface area contributed by atoms with Crippen LogP contribution in [0.1, 0.15) is 32.9 Å². The molecule has 2 heterocycles. The van der Waals surface area contributed by atoms with Crippen LogP contribution in [0.4, 0.5) is 5.69 Å². The number of aromatic nitrogens is 1. The van der Waals surface area contributed by atoms with Gasteiger partial charge in [0.1, 0.15) is 5.75 Å². The first-order valence-electron chi connectivity index (χ1n) is 11.1. The number of para-hydroxylation sites is 1. The van der Waals surface area contributed by atoms with Crippen molar-refractivity contribution in [3.05, 3.63) is 118 Å². The molecule has 0 unspecified atom stereocenters. The number of rotatable bonds is 5. The molecule has 0 N–H and O–H groups in total. The molecule has 0 bridgehead atoms. The van der Waals surface area contributed by atoms with Gasteiger partial charge in [0.15, 0.2) is 6.61 Å². The molecule has 1 aliphatic heterocycles.